The largest absolute Gasteiger partial charge is 0.385 e. The van der Waals surface area contributed by atoms with Crippen LogP contribution in [0.15, 0.2) is 67.3 Å². The van der Waals surface area contributed by atoms with E-state index in [2.05, 4.69) is 24.8 Å². The summed E-state index contributed by atoms with van der Waals surface area (Å²) < 4.78 is 0. The lowest BCUT2D eigenvalue weighted by atomic mass is 9.84. The molecule has 1 N–H and O–H groups in total. The molecule has 5 rings (SSSR count). The van der Waals surface area contributed by atoms with Gasteiger partial charge in [-0.1, -0.05) is 36.4 Å². The number of carbonyl (C=O) groups excluding carboxylic acids is 1. The molecule has 1 saturated heterocycles. The second-order valence-electron chi connectivity index (χ2n) is 8.53. The SMILES string of the molecule is Cc1nc(-c2cnccn2)sc1C(=O)Cc1ccc(N2CCC(O)(c3ccccc3)CC2)nc1. The van der Waals surface area contributed by atoms with Crippen molar-refractivity contribution in [1.82, 2.24) is 19.9 Å². The lowest BCUT2D eigenvalue weighted by Gasteiger charge is -2.39. The molecular weight excluding hydrogens is 446 g/mol. The fourth-order valence-corrected chi connectivity index (χ4v) is 5.26. The number of ketones is 1. The molecule has 0 radical (unpaired) electrons. The van der Waals surface area contributed by atoms with Crippen LogP contribution in [0, 0.1) is 6.92 Å². The topological polar surface area (TPSA) is 92.1 Å². The molecule has 4 heterocycles. The molecule has 0 aliphatic carbocycles. The van der Waals surface area contributed by atoms with Gasteiger partial charge in [-0.3, -0.25) is 14.8 Å². The number of carbonyl (C=O) groups is 1. The number of pyridine rings is 1. The number of Topliss-reactive ketones (excluding diaryl/α,β-unsaturated/α-hetero) is 1. The summed E-state index contributed by atoms with van der Waals surface area (Å²) in [6.45, 7) is 3.29. The van der Waals surface area contributed by atoms with Gasteiger partial charge in [0, 0.05) is 38.1 Å². The summed E-state index contributed by atoms with van der Waals surface area (Å²) in [6.07, 6.45) is 8.21. The fraction of sp³-hybridized carbons (Fsp3) is 0.269. The van der Waals surface area contributed by atoms with Crippen LogP contribution in [0.3, 0.4) is 0 Å². The van der Waals surface area contributed by atoms with Crippen LogP contribution in [-0.4, -0.2) is 43.9 Å². The molecule has 0 bridgehead atoms. The summed E-state index contributed by atoms with van der Waals surface area (Å²) in [4.78, 5) is 33.2. The van der Waals surface area contributed by atoms with E-state index in [4.69, 9.17) is 0 Å². The molecular formula is C26H25N5O2S. The zero-order valence-electron chi connectivity index (χ0n) is 18.9. The van der Waals surface area contributed by atoms with E-state index in [1.807, 2.05) is 49.4 Å². The Kier molecular flexibility index (Phi) is 6.17. The van der Waals surface area contributed by atoms with Gasteiger partial charge in [-0.05, 0) is 37.0 Å². The first-order valence-electron chi connectivity index (χ1n) is 11.3. The number of rotatable bonds is 6. The van der Waals surface area contributed by atoms with Crippen molar-refractivity contribution in [3.63, 3.8) is 0 Å². The van der Waals surface area contributed by atoms with Gasteiger partial charge in [0.15, 0.2) is 5.78 Å². The van der Waals surface area contributed by atoms with Gasteiger partial charge in [0.2, 0.25) is 0 Å². The maximum absolute atomic E-state index is 12.9. The van der Waals surface area contributed by atoms with Gasteiger partial charge in [-0.15, -0.1) is 11.3 Å². The summed E-state index contributed by atoms with van der Waals surface area (Å²) in [5.74, 6) is 0.885. The van der Waals surface area contributed by atoms with Crippen molar-refractivity contribution in [1.29, 1.82) is 0 Å². The van der Waals surface area contributed by atoms with Crippen LogP contribution in [0.5, 0.6) is 0 Å². The normalized spacial score (nSPS) is 15.3. The lowest BCUT2D eigenvalue weighted by Crippen LogP contribution is -2.42. The number of anilines is 1. The first-order valence-corrected chi connectivity index (χ1v) is 12.1. The maximum Gasteiger partial charge on any atom is 0.179 e. The minimum Gasteiger partial charge on any atom is -0.385 e. The van der Waals surface area contributed by atoms with Crippen LogP contribution in [-0.2, 0) is 12.0 Å². The summed E-state index contributed by atoms with van der Waals surface area (Å²) in [5.41, 5.74) is 2.42. The van der Waals surface area contributed by atoms with Crippen molar-refractivity contribution in [3.8, 4) is 10.7 Å². The number of thiazole rings is 1. The van der Waals surface area contributed by atoms with Crippen molar-refractivity contribution in [2.24, 2.45) is 0 Å². The number of hydrogen-bond donors (Lipinski definition) is 1. The van der Waals surface area contributed by atoms with Crippen LogP contribution in [0.25, 0.3) is 10.7 Å². The Labute approximate surface area is 202 Å². The van der Waals surface area contributed by atoms with Gasteiger partial charge >= 0.3 is 0 Å². The Hall–Kier alpha value is -3.49. The highest BCUT2D eigenvalue weighted by molar-refractivity contribution is 7.17. The average Bonchev–Trinajstić information content (AvgIpc) is 3.28. The van der Waals surface area contributed by atoms with E-state index in [0.717, 1.165) is 30.0 Å². The van der Waals surface area contributed by atoms with E-state index >= 15 is 0 Å². The molecule has 0 amide bonds. The van der Waals surface area contributed by atoms with E-state index in [1.54, 1.807) is 24.8 Å². The van der Waals surface area contributed by atoms with Gasteiger partial charge in [-0.25, -0.2) is 9.97 Å². The predicted octanol–water partition coefficient (Wildman–Crippen LogP) is 4.22. The van der Waals surface area contributed by atoms with Crippen molar-refractivity contribution in [2.45, 2.75) is 31.8 Å². The third-order valence-corrected chi connectivity index (χ3v) is 7.45. The van der Waals surface area contributed by atoms with Crippen LogP contribution in [0.4, 0.5) is 5.82 Å². The van der Waals surface area contributed by atoms with Gasteiger partial charge in [0.1, 0.15) is 16.5 Å². The number of benzene rings is 1. The maximum atomic E-state index is 12.9. The van der Waals surface area contributed by atoms with Crippen LogP contribution < -0.4 is 4.90 Å². The molecule has 1 fully saturated rings. The van der Waals surface area contributed by atoms with E-state index < -0.39 is 5.60 Å². The lowest BCUT2D eigenvalue weighted by molar-refractivity contribution is 0.0116. The summed E-state index contributed by atoms with van der Waals surface area (Å²) in [5, 5.41) is 11.8. The average molecular weight is 472 g/mol. The molecule has 0 saturated carbocycles. The minimum absolute atomic E-state index is 0.0191. The smallest absolute Gasteiger partial charge is 0.179 e. The second-order valence-corrected chi connectivity index (χ2v) is 9.53. The molecule has 1 aromatic carbocycles. The van der Waals surface area contributed by atoms with Crippen molar-refractivity contribution in [3.05, 3.63) is 88.9 Å². The van der Waals surface area contributed by atoms with Crippen LogP contribution in [0.2, 0.25) is 0 Å². The van der Waals surface area contributed by atoms with Crippen molar-refractivity contribution < 1.29 is 9.90 Å². The van der Waals surface area contributed by atoms with E-state index in [-0.39, 0.29) is 12.2 Å². The van der Waals surface area contributed by atoms with Crippen molar-refractivity contribution in [2.75, 3.05) is 18.0 Å². The molecule has 172 valence electrons. The highest BCUT2D eigenvalue weighted by Crippen LogP contribution is 2.34. The van der Waals surface area contributed by atoms with E-state index in [1.165, 1.54) is 11.3 Å². The fourth-order valence-electron chi connectivity index (χ4n) is 4.29. The number of aryl methyl sites for hydroxylation is 1. The Morgan fingerprint density at radius 1 is 1.06 bits per heavy atom. The Bertz CT molecular complexity index is 1270. The molecule has 0 spiro atoms. The predicted molar refractivity (Wildman–Crippen MR) is 132 cm³/mol. The van der Waals surface area contributed by atoms with Gasteiger partial charge in [0.25, 0.3) is 0 Å². The number of aliphatic hydroxyl groups is 1. The summed E-state index contributed by atoms with van der Waals surface area (Å²) >= 11 is 1.35. The molecule has 0 unspecified atom stereocenters. The Balaban J connectivity index is 1.22. The zero-order valence-corrected chi connectivity index (χ0v) is 19.7. The third-order valence-electron chi connectivity index (χ3n) is 6.23. The Morgan fingerprint density at radius 3 is 2.53 bits per heavy atom. The number of hydrogen-bond acceptors (Lipinski definition) is 8. The van der Waals surface area contributed by atoms with Gasteiger partial charge < -0.3 is 10.0 Å². The van der Waals surface area contributed by atoms with Crippen LogP contribution in [0.1, 0.15) is 39.3 Å². The molecule has 7 nitrogen and oxygen atoms in total. The monoisotopic (exact) mass is 471 g/mol. The molecule has 8 heteroatoms. The van der Waals surface area contributed by atoms with E-state index in [9.17, 15) is 9.90 Å². The standard InChI is InChI=1S/C26H25N5O2S/c1-18-24(34-25(30-18)21-17-27-11-12-28-21)22(32)15-19-7-8-23(29-16-19)31-13-9-26(33,10-14-31)20-5-3-2-4-6-20/h2-8,11-12,16-17,33H,9-10,13-15H2,1H3. The van der Waals surface area contributed by atoms with E-state index in [0.29, 0.717) is 34.1 Å². The molecule has 34 heavy (non-hydrogen) atoms. The van der Waals surface area contributed by atoms with Crippen LogP contribution >= 0.6 is 11.3 Å². The quantitative estimate of drug-likeness (QED) is 0.421. The summed E-state index contributed by atoms with van der Waals surface area (Å²) in [7, 11) is 0. The van der Waals surface area contributed by atoms with Crippen molar-refractivity contribution >= 4 is 22.9 Å². The third kappa shape index (κ3) is 4.60. The number of nitrogens with zero attached hydrogens (tertiary/aromatic N) is 5. The number of aromatic nitrogens is 4. The number of piperidine rings is 1. The molecule has 1 aliphatic heterocycles. The Morgan fingerprint density at radius 2 is 1.85 bits per heavy atom. The highest BCUT2D eigenvalue weighted by atomic mass is 32.1. The first-order chi connectivity index (χ1) is 16.5. The highest BCUT2D eigenvalue weighted by Gasteiger charge is 2.34. The zero-order chi connectivity index (χ0) is 23.5. The molecule has 1 aliphatic rings. The molecule has 4 aromatic rings. The molecule has 3 aromatic heterocycles. The first kappa shape index (κ1) is 22.3. The van der Waals surface area contributed by atoms with Gasteiger partial charge in [-0.2, -0.15) is 0 Å². The van der Waals surface area contributed by atoms with Gasteiger partial charge in [0.05, 0.1) is 22.4 Å². The summed E-state index contributed by atoms with van der Waals surface area (Å²) in [6, 6.07) is 13.8. The minimum atomic E-state index is -0.791. The second kappa shape index (κ2) is 9.40. The molecule has 0 atom stereocenters.